The number of dihydropyridines is 1. The SMILES string of the molecule is CCOC(=O)C1=C(COCCNC(=O)OCCSSCCO[N+](=O)[O-])NC(C)=C(C(=O)OC)C1c1ccccc1Cl. The normalized spacial score (nSPS) is 14.7. The highest BCUT2D eigenvalue weighted by Gasteiger charge is 2.39. The van der Waals surface area contributed by atoms with E-state index in [4.69, 9.17) is 30.5 Å². The summed E-state index contributed by atoms with van der Waals surface area (Å²) in [5.74, 6) is -1.20. The van der Waals surface area contributed by atoms with E-state index in [9.17, 15) is 24.5 Å². The molecule has 1 aliphatic rings. The van der Waals surface area contributed by atoms with Crippen LogP contribution in [0.25, 0.3) is 0 Å². The number of amides is 1. The maximum absolute atomic E-state index is 13.2. The highest BCUT2D eigenvalue weighted by atomic mass is 35.5. The summed E-state index contributed by atoms with van der Waals surface area (Å²) < 4.78 is 21.1. The largest absolute Gasteiger partial charge is 0.466 e. The number of esters is 2. The number of rotatable bonds is 17. The average Bonchev–Trinajstić information content (AvgIpc) is 2.93. The molecular formula is C25H32ClN3O10S2. The van der Waals surface area contributed by atoms with Crippen LogP contribution in [-0.4, -0.2) is 81.3 Å². The van der Waals surface area contributed by atoms with Crippen LogP contribution in [0.4, 0.5) is 4.79 Å². The first kappa shape index (κ1) is 34.1. The van der Waals surface area contributed by atoms with Crippen LogP contribution in [0.3, 0.4) is 0 Å². The Morgan fingerprint density at radius 2 is 1.78 bits per heavy atom. The second kappa shape index (κ2) is 18.3. The van der Waals surface area contributed by atoms with Crippen LogP contribution < -0.4 is 10.6 Å². The third kappa shape index (κ3) is 11.0. The lowest BCUT2D eigenvalue weighted by molar-refractivity contribution is -0.756. The van der Waals surface area contributed by atoms with Gasteiger partial charge in [0.2, 0.25) is 0 Å². The Bertz CT molecular complexity index is 1150. The van der Waals surface area contributed by atoms with Gasteiger partial charge in [0.1, 0.15) is 13.2 Å². The standard InChI is InChI=1S/C25H32ClN3O10S2/c1-4-37-24(31)22-19(15-36-10-9-27-25(32)38-11-13-40-41-14-12-39-29(33)34)28-16(2)20(23(30)35-3)21(22)17-7-5-6-8-18(17)26/h5-8,21,28H,4,9-15H2,1-3H3,(H,27,32). The number of carbonyl (C=O) groups excluding carboxylic acids is 3. The van der Waals surface area contributed by atoms with E-state index in [0.29, 0.717) is 33.5 Å². The summed E-state index contributed by atoms with van der Waals surface area (Å²) in [6.07, 6.45) is -0.626. The number of ether oxygens (including phenoxy) is 4. The first-order chi connectivity index (χ1) is 19.7. The van der Waals surface area contributed by atoms with Gasteiger partial charge >= 0.3 is 18.0 Å². The molecule has 0 spiro atoms. The van der Waals surface area contributed by atoms with E-state index in [1.54, 1.807) is 38.1 Å². The fraction of sp³-hybridized carbons (Fsp3) is 0.480. The predicted molar refractivity (Wildman–Crippen MR) is 154 cm³/mol. The third-order valence-corrected chi connectivity index (χ3v) is 8.05. The lowest BCUT2D eigenvalue weighted by atomic mass is 9.80. The smallest absolute Gasteiger partial charge is 0.407 e. The Labute approximate surface area is 250 Å². The van der Waals surface area contributed by atoms with Gasteiger partial charge in [-0.25, -0.2) is 14.4 Å². The number of hydrogen-bond acceptors (Lipinski definition) is 13. The monoisotopic (exact) mass is 633 g/mol. The van der Waals surface area contributed by atoms with Gasteiger partial charge in [0.25, 0.3) is 5.09 Å². The Balaban J connectivity index is 1.98. The molecule has 0 aromatic heterocycles. The molecule has 0 fully saturated rings. The molecule has 1 heterocycles. The summed E-state index contributed by atoms with van der Waals surface area (Å²) in [6, 6.07) is 6.89. The summed E-state index contributed by atoms with van der Waals surface area (Å²) in [4.78, 5) is 52.1. The van der Waals surface area contributed by atoms with Crippen LogP contribution in [-0.2, 0) is 33.4 Å². The number of benzene rings is 1. The Kier molecular flexibility index (Phi) is 15.2. The molecule has 226 valence electrons. The molecule has 1 amide bonds. The number of alkyl carbamates (subject to hydrolysis) is 1. The van der Waals surface area contributed by atoms with Gasteiger partial charge in [0, 0.05) is 28.8 Å². The van der Waals surface area contributed by atoms with Crippen LogP contribution >= 0.6 is 33.2 Å². The summed E-state index contributed by atoms with van der Waals surface area (Å²) in [5, 5.41) is 15.2. The van der Waals surface area contributed by atoms with Crippen LogP contribution in [0.2, 0.25) is 5.02 Å². The van der Waals surface area contributed by atoms with Crippen molar-refractivity contribution in [3.8, 4) is 0 Å². The number of allylic oxidation sites excluding steroid dienone is 1. The summed E-state index contributed by atoms with van der Waals surface area (Å²) in [6.45, 7) is 3.80. The minimum atomic E-state index is -0.861. The first-order valence-electron chi connectivity index (χ1n) is 12.4. The van der Waals surface area contributed by atoms with E-state index in [1.165, 1.54) is 28.7 Å². The van der Waals surface area contributed by atoms with Crippen LogP contribution in [0.1, 0.15) is 25.3 Å². The van der Waals surface area contributed by atoms with Crippen molar-refractivity contribution in [3.05, 3.63) is 67.5 Å². The highest BCUT2D eigenvalue weighted by molar-refractivity contribution is 8.76. The van der Waals surface area contributed by atoms with Gasteiger partial charge in [-0.15, -0.1) is 10.1 Å². The maximum atomic E-state index is 13.2. The summed E-state index contributed by atoms with van der Waals surface area (Å²) in [7, 11) is 4.02. The molecule has 0 radical (unpaired) electrons. The molecule has 2 N–H and O–H groups in total. The molecule has 1 unspecified atom stereocenters. The van der Waals surface area contributed by atoms with E-state index < -0.39 is 29.0 Å². The molecule has 2 rings (SSSR count). The predicted octanol–water partition coefficient (Wildman–Crippen LogP) is 3.62. The van der Waals surface area contributed by atoms with Crippen LogP contribution in [0.15, 0.2) is 46.8 Å². The highest BCUT2D eigenvalue weighted by Crippen LogP contribution is 2.41. The first-order valence-corrected chi connectivity index (χ1v) is 15.3. The van der Waals surface area contributed by atoms with Gasteiger partial charge < -0.3 is 34.4 Å². The lowest BCUT2D eigenvalue weighted by Crippen LogP contribution is -2.35. The van der Waals surface area contributed by atoms with E-state index in [0.717, 1.165) is 0 Å². The lowest BCUT2D eigenvalue weighted by Gasteiger charge is -2.31. The molecule has 0 saturated carbocycles. The number of halogens is 1. The van der Waals surface area contributed by atoms with E-state index in [1.807, 2.05) is 0 Å². The van der Waals surface area contributed by atoms with E-state index in [2.05, 4.69) is 15.5 Å². The number of methoxy groups -OCH3 is 1. The molecule has 0 bridgehead atoms. The van der Waals surface area contributed by atoms with Crippen molar-refractivity contribution in [1.29, 1.82) is 0 Å². The van der Waals surface area contributed by atoms with Crippen LogP contribution in [0, 0.1) is 10.1 Å². The Morgan fingerprint density at radius 1 is 1.07 bits per heavy atom. The van der Waals surface area contributed by atoms with Gasteiger partial charge in [-0.05, 0) is 25.5 Å². The second-order valence-electron chi connectivity index (χ2n) is 8.04. The molecule has 16 heteroatoms. The molecule has 1 aliphatic heterocycles. The molecule has 41 heavy (non-hydrogen) atoms. The van der Waals surface area contributed by atoms with Gasteiger partial charge in [0.05, 0.1) is 49.7 Å². The molecule has 0 aliphatic carbocycles. The Morgan fingerprint density at radius 3 is 2.44 bits per heavy atom. The van der Waals surface area contributed by atoms with E-state index >= 15 is 0 Å². The summed E-state index contributed by atoms with van der Waals surface area (Å²) >= 11 is 6.49. The average molecular weight is 634 g/mol. The third-order valence-electron chi connectivity index (χ3n) is 5.37. The van der Waals surface area contributed by atoms with Gasteiger partial charge in [-0.2, -0.15) is 0 Å². The van der Waals surface area contributed by atoms with Crippen molar-refractivity contribution >= 4 is 51.2 Å². The minimum Gasteiger partial charge on any atom is -0.466 e. The topological polar surface area (TPSA) is 165 Å². The second-order valence-corrected chi connectivity index (χ2v) is 11.1. The molecule has 13 nitrogen and oxygen atoms in total. The van der Waals surface area contributed by atoms with Crippen molar-refractivity contribution in [2.24, 2.45) is 0 Å². The zero-order valence-corrected chi connectivity index (χ0v) is 25.2. The number of nitrogens with one attached hydrogen (secondary N) is 2. The molecule has 0 saturated heterocycles. The van der Waals surface area contributed by atoms with Crippen molar-refractivity contribution in [2.45, 2.75) is 19.8 Å². The Hall–Kier alpha value is -3.14. The number of carbonyl (C=O) groups is 3. The fourth-order valence-electron chi connectivity index (χ4n) is 3.74. The zero-order valence-electron chi connectivity index (χ0n) is 22.8. The molecule has 1 atom stereocenters. The maximum Gasteiger partial charge on any atom is 0.407 e. The van der Waals surface area contributed by atoms with Crippen molar-refractivity contribution < 1.29 is 43.3 Å². The number of hydrogen-bond donors (Lipinski definition) is 2. The number of nitrogens with zero attached hydrogens (tertiary/aromatic N) is 1. The van der Waals surface area contributed by atoms with Crippen molar-refractivity contribution in [1.82, 2.24) is 10.6 Å². The minimum absolute atomic E-state index is 0.0112. The van der Waals surface area contributed by atoms with Gasteiger partial charge in [-0.1, -0.05) is 51.4 Å². The molecule has 1 aromatic rings. The molecule has 1 aromatic carbocycles. The van der Waals surface area contributed by atoms with Gasteiger partial charge in [-0.3, -0.25) is 0 Å². The fourth-order valence-corrected chi connectivity index (χ4v) is 5.63. The van der Waals surface area contributed by atoms with Crippen molar-refractivity contribution in [2.75, 3.05) is 58.2 Å². The van der Waals surface area contributed by atoms with E-state index in [-0.39, 0.29) is 50.7 Å². The van der Waals surface area contributed by atoms with Gasteiger partial charge in [0.15, 0.2) is 0 Å². The molecular weight excluding hydrogens is 602 g/mol. The quantitative estimate of drug-likeness (QED) is 0.0638. The summed E-state index contributed by atoms with van der Waals surface area (Å²) in [5.41, 5.74) is 1.77. The van der Waals surface area contributed by atoms with Crippen LogP contribution in [0.5, 0.6) is 0 Å². The van der Waals surface area contributed by atoms with Crippen molar-refractivity contribution in [3.63, 3.8) is 0 Å². The zero-order chi connectivity index (χ0) is 30.2.